The zero-order valence-corrected chi connectivity index (χ0v) is 20.7. The number of anilines is 1. The van der Waals surface area contributed by atoms with Gasteiger partial charge in [0.15, 0.2) is 0 Å². The van der Waals surface area contributed by atoms with Gasteiger partial charge in [0.2, 0.25) is 0 Å². The lowest BCUT2D eigenvalue weighted by molar-refractivity contribution is 0.183. The van der Waals surface area contributed by atoms with Gasteiger partial charge in [-0.1, -0.05) is 24.6 Å². The first-order valence-electron chi connectivity index (χ1n) is 12.9. The largest absolute Gasteiger partial charge is 0.508 e. The molecule has 5 rings (SSSR count). The van der Waals surface area contributed by atoms with E-state index in [1.54, 1.807) is 7.11 Å². The highest BCUT2D eigenvalue weighted by Crippen LogP contribution is 2.38. The van der Waals surface area contributed by atoms with Crippen LogP contribution in [0.3, 0.4) is 0 Å². The molecule has 0 saturated carbocycles. The summed E-state index contributed by atoms with van der Waals surface area (Å²) in [6.45, 7) is 5.06. The molecular formula is C30H36N2O3. The van der Waals surface area contributed by atoms with E-state index in [0.717, 1.165) is 44.0 Å². The molecule has 184 valence electrons. The minimum atomic E-state index is 0.193. The fourth-order valence-corrected chi connectivity index (χ4v) is 5.42. The quantitative estimate of drug-likeness (QED) is 0.462. The Hall–Kier alpha value is -3.18. The number of fused-ring (bicyclic) bond motifs is 1. The Bertz CT molecular complexity index is 1090. The Balaban J connectivity index is 1.29. The molecule has 3 aromatic carbocycles. The lowest BCUT2D eigenvalue weighted by Crippen LogP contribution is -2.36. The second-order valence-electron chi connectivity index (χ2n) is 9.64. The topological polar surface area (TPSA) is 45.2 Å². The lowest BCUT2D eigenvalue weighted by atomic mass is 9.88. The fourth-order valence-electron chi connectivity index (χ4n) is 5.42. The van der Waals surface area contributed by atoms with Crippen molar-refractivity contribution < 1.29 is 14.6 Å². The maximum absolute atomic E-state index is 10.0. The first kappa shape index (κ1) is 23.6. The van der Waals surface area contributed by atoms with Crippen LogP contribution >= 0.6 is 0 Å². The maximum Gasteiger partial charge on any atom is 0.119 e. The second-order valence-corrected chi connectivity index (χ2v) is 9.64. The van der Waals surface area contributed by atoms with Crippen molar-refractivity contribution in [2.75, 3.05) is 44.8 Å². The van der Waals surface area contributed by atoms with Crippen molar-refractivity contribution in [3.8, 4) is 17.2 Å². The van der Waals surface area contributed by atoms with Crippen LogP contribution in [0.15, 0.2) is 66.7 Å². The molecule has 5 heteroatoms. The minimum absolute atomic E-state index is 0.193. The third kappa shape index (κ3) is 5.73. The van der Waals surface area contributed by atoms with Crippen LogP contribution in [0.4, 0.5) is 5.69 Å². The van der Waals surface area contributed by atoms with E-state index in [1.807, 2.05) is 24.3 Å². The van der Waals surface area contributed by atoms with Gasteiger partial charge in [-0.25, -0.2) is 0 Å². The fraction of sp³-hybridized carbons (Fsp3) is 0.400. The average Bonchev–Trinajstić information content (AvgIpc) is 2.90. The third-order valence-corrected chi connectivity index (χ3v) is 7.37. The molecule has 2 aliphatic rings. The number of likely N-dealkylation sites (tertiary alicyclic amines) is 1. The summed E-state index contributed by atoms with van der Waals surface area (Å²) in [5, 5.41) is 10.0. The summed E-state index contributed by atoms with van der Waals surface area (Å²) in [7, 11) is 1.70. The van der Waals surface area contributed by atoms with Gasteiger partial charge in [0, 0.05) is 18.8 Å². The molecule has 3 aromatic rings. The van der Waals surface area contributed by atoms with Crippen LogP contribution in [0.25, 0.3) is 0 Å². The van der Waals surface area contributed by atoms with Gasteiger partial charge in [0.25, 0.3) is 0 Å². The number of hydrogen-bond donors (Lipinski definition) is 1. The van der Waals surface area contributed by atoms with Gasteiger partial charge in [0.05, 0.1) is 13.2 Å². The zero-order chi connectivity index (χ0) is 24.0. The first-order valence-corrected chi connectivity index (χ1v) is 12.9. The van der Waals surface area contributed by atoms with E-state index >= 15 is 0 Å². The summed E-state index contributed by atoms with van der Waals surface area (Å²) < 4.78 is 11.4. The van der Waals surface area contributed by atoms with Crippen LogP contribution in [0.1, 0.15) is 42.0 Å². The SMILES string of the molecule is COc1ccc(N2CCc3cc(O)ccc3C2Cc2ccc(OCCN3CCCCC3)cc2)cc1. The molecule has 0 spiro atoms. The number of methoxy groups -OCH3 is 1. The van der Waals surface area contributed by atoms with Crippen molar-refractivity contribution in [2.45, 2.75) is 38.1 Å². The number of ether oxygens (including phenoxy) is 2. The molecule has 2 aliphatic heterocycles. The normalized spacial score (nSPS) is 18.2. The molecule has 0 radical (unpaired) electrons. The zero-order valence-electron chi connectivity index (χ0n) is 20.7. The summed E-state index contributed by atoms with van der Waals surface area (Å²) in [4.78, 5) is 4.98. The molecule has 0 aromatic heterocycles. The number of phenols is 1. The van der Waals surface area contributed by atoms with E-state index in [0.29, 0.717) is 5.75 Å². The Kier molecular flexibility index (Phi) is 7.43. The molecule has 1 fully saturated rings. The number of piperidine rings is 1. The van der Waals surface area contributed by atoms with Gasteiger partial charge in [-0.2, -0.15) is 0 Å². The van der Waals surface area contributed by atoms with E-state index in [2.05, 4.69) is 52.3 Å². The number of benzene rings is 3. The Labute approximate surface area is 208 Å². The molecule has 0 amide bonds. The number of aromatic hydroxyl groups is 1. The molecule has 1 unspecified atom stereocenters. The molecule has 2 heterocycles. The molecular weight excluding hydrogens is 436 g/mol. The van der Waals surface area contributed by atoms with Crippen molar-refractivity contribution in [3.05, 3.63) is 83.4 Å². The minimum Gasteiger partial charge on any atom is -0.508 e. The molecule has 5 nitrogen and oxygen atoms in total. The third-order valence-electron chi connectivity index (χ3n) is 7.37. The first-order chi connectivity index (χ1) is 17.2. The van der Waals surface area contributed by atoms with Crippen LogP contribution in [-0.4, -0.2) is 49.9 Å². The van der Waals surface area contributed by atoms with E-state index < -0.39 is 0 Å². The molecule has 0 aliphatic carbocycles. The summed E-state index contributed by atoms with van der Waals surface area (Å²) >= 11 is 0. The van der Waals surface area contributed by atoms with Gasteiger partial charge in [-0.15, -0.1) is 0 Å². The van der Waals surface area contributed by atoms with E-state index in [9.17, 15) is 5.11 Å². The van der Waals surface area contributed by atoms with Crippen molar-refractivity contribution in [1.82, 2.24) is 4.90 Å². The van der Waals surface area contributed by atoms with Crippen molar-refractivity contribution in [2.24, 2.45) is 0 Å². The van der Waals surface area contributed by atoms with Crippen LogP contribution in [0.5, 0.6) is 17.2 Å². The lowest BCUT2D eigenvalue weighted by Gasteiger charge is -2.39. The van der Waals surface area contributed by atoms with Gasteiger partial charge in [0.1, 0.15) is 23.9 Å². The van der Waals surface area contributed by atoms with Crippen LogP contribution in [0, 0.1) is 0 Å². The van der Waals surface area contributed by atoms with Gasteiger partial charge in [-0.05, 0) is 104 Å². The molecule has 1 N–H and O–H groups in total. The molecule has 35 heavy (non-hydrogen) atoms. The molecule has 1 saturated heterocycles. The second kappa shape index (κ2) is 11.0. The summed E-state index contributed by atoms with van der Waals surface area (Å²) in [5.74, 6) is 2.14. The van der Waals surface area contributed by atoms with Crippen LogP contribution < -0.4 is 14.4 Å². The smallest absolute Gasteiger partial charge is 0.119 e. The van der Waals surface area contributed by atoms with Gasteiger partial charge in [-0.3, -0.25) is 4.90 Å². The Morgan fingerprint density at radius 1 is 0.857 bits per heavy atom. The maximum atomic E-state index is 10.0. The predicted octanol–water partition coefficient (Wildman–Crippen LogP) is 5.61. The number of nitrogens with zero attached hydrogens (tertiary/aromatic N) is 2. The average molecular weight is 473 g/mol. The molecule has 0 bridgehead atoms. The van der Waals surface area contributed by atoms with E-state index in [4.69, 9.17) is 9.47 Å². The standard InChI is InChI=1S/C30H36N2O3/c1-34-27-12-7-25(8-13-27)32-18-15-24-22-26(33)9-14-29(24)30(32)21-23-5-10-28(11-6-23)35-20-19-31-16-3-2-4-17-31/h5-14,22,30,33H,2-4,15-21H2,1H3. The van der Waals surface area contributed by atoms with Crippen LogP contribution in [-0.2, 0) is 12.8 Å². The van der Waals surface area contributed by atoms with Crippen molar-refractivity contribution >= 4 is 5.69 Å². The van der Waals surface area contributed by atoms with E-state index in [1.165, 1.54) is 54.7 Å². The van der Waals surface area contributed by atoms with Crippen LogP contribution in [0.2, 0.25) is 0 Å². The Morgan fingerprint density at radius 3 is 2.34 bits per heavy atom. The van der Waals surface area contributed by atoms with Gasteiger partial charge >= 0.3 is 0 Å². The summed E-state index contributed by atoms with van der Waals surface area (Å²) in [6, 6.07) is 22.9. The predicted molar refractivity (Wildman–Crippen MR) is 141 cm³/mol. The van der Waals surface area contributed by atoms with Crippen molar-refractivity contribution in [1.29, 1.82) is 0 Å². The Morgan fingerprint density at radius 2 is 1.60 bits per heavy atom. The monoisotopic (exact) mass is 472 g/mol. The van der Waals surface area contributed by atoms with Crippen molar-refractivity contribution in [3.63, 3.8) is 0 Å². The summed E-state index contributed by atoms with van der Waals surface area (Å²) in [5.41, 5.74) is 4.98. The number of hydrogen-bond acceptors (Lipinski definition) is 5. The summed E-state index contributed by atoms with van der Waals surface area (Å²) in [6.07, 6.45) is 5.79. The van der Waals surface area contributed by atoms with E-state index in [-0.39, 0.29) is 6.04 Å². The number of phenolic OH excluding ortho intramolecular Hbond substituents is 1. The molecule has 1 atom stereocenters. The highest BCUT2D eigenvalue weighted by Gasteiger charge is 2.28. The highest BCUT2D eigenvalue weighted by molar-refractivity contribution is 5.55. The van der Waals surface area contributed by atoms with Gasteiger partial charge < -0.3 is 19.5 Å². The number of rotatable bonds is 8. The highest BCUT2D eigenvalue weighted by atomic mass is 16.5.